The summed E-state index contributed by atoms with van der Waals surface area (Å²) in [6.45, 7) is 11.3. The molecule has 0 saturated carbocycles. The van der Waals surface area contributed by atoms with Crippen molar-refractivity contribution in [3.63, 3.8) is 0 Å². The van der Waals surface area contributed by atoms with Crippen molar-refractivity contribution in [1.82, 2.24) is 19.5 Å². The molecule has 1 saturated heterocycles. The fourth-order valence-corrected chi connectivity index (χ4v) is 4.76. The Bertz CT molecular complexity index is 1310. The van der Waals surface area contributed by atoms with Crippen molar-refractivity contribution in [1.29, 1.82) is 0 Å². The van der Waals surface area contributed by atoms with Crippen molar-refractivity contribution < 1.29 is 18.0 Å². The fraction of sp³-hybridized carbons (Fsp3) is 0.440. The van der Waals surface area contributed by atoms with Gasteiger partial charge < -0.3 is 20.5 Å². The summed E-state index contributed by atoms with van der Waals surface area (Å²) in [5.74, 6) is 0.507. The van der Waals surface area contributed by atoms with Crippen molar-refractivity contribution in [3.8, 4) is 0 Å². The molecular weight excluding hydrogens is 471 g/mol. The molecule has 1 fully saturated rings. The zero-order valence-corrected chi connectivity index (χ0v) is 20.8. The number of rotatable bonds is 6. The largest absolute Gasteiger partial charge is 0.419 e. The van der Waals surface area contributed by atoms with Gasteiger partial charge in [0.1, 0.15) is 0 Å². The van der Waals surface area contributed by atoms with Gasteiger partial charge in [0.2, 0.25) is 17.8 Å². The average Bonchev–Trinajstić information content (AvgIpc) is 3.15. The van der Waals surface area contributed by atoms with Crippen LogP contribution in [-0.2, 0) is 18.0 Å². The number of halogens is 3. The van der Waals surface area contributed by atoms with Gasteiger partial charge >= 0.3 is 6.18 Å². The summed E-state index contributed by atoms with van der Waals surface area (Å²) in [5, 5.41) is 3.15. The van der Waals surface area contributed by atoms with E-state index < -0.39 is 17.6 Å². The molecule has 1 aliphatic rings. The van der Waals surface area contributed by atoms with Crippen LogP contribution in [0.2, 0.25) is 0 Å². The number of amides is 1. The molecule has 8 nitrogen and oxygen atoms in total. The number of primary amides is 1. The molecule has 2 aromatic heterocycles. The highest BCUT2D eigenvalue weighted by Crippen LogP contribution is 2.36. The summed E-state index contributed by atoms with van der Waals surface area (Å²) in [5.41, 5.74) is 9.24. The summed E-state index contributed by atoms with van der Waals surface area (Å²) in [4.78, 5) is 26.7. The molecule has 1 aromatic carbocycles. The number of nitrogens with two attached hydrogens (primary N) is 1. The van der Waals surface area contributed by atoms with E-state index in [1.807, 2.05) is 24.6 Å². The number of piperidine rings is 1. The van der Waals surface area contributed by atoms with Crippen molar-refractivity contribution in [2.45, 2.75) is 51.7 Å². The second kappa shape index (κ2) is 9.44. The molecule has 0 bridgehead atoms. The minimum atomic E-state index is -4.47. The molecule has 36 heavy (non-hydrogen) atoms. The number of nitrogens with one attached hydrogen (secondary N) is 1. The lowest BCUT2D eigenvalue weighted by molar-refractivity contribution is -0.138. The number of alkyl halides is 3. The highest BCUT2D eigenvalue weighted by Gasteiger charge is 2.32. The number of anilines is 2. The zero-order chi connectivity index (χ0) is 26.4. The topological polar surface area (TPSA) is 102 Å². The minimum Gasteiger partial charge on any atom is -0.366 e. The van der Waals surface area contributed by atoms with Crippen molar-refractivity contribution in [3.05, 3.63) is 47.3 Å². The van der Waals surface area contributed by atoms with Gasteiger partial charge in [0, 0.05) is 44.1 Å². The van der Waals surface area contributed by atoms with Crippen molar-refractivity contribution in [2.75, 3.05) is 23.3 Å². The van der Waals surface area contributed by atoms with Crippen LogP contribution in [0, 0.1) is 6.92 Å². The van der Waals surface area contributed by atoms with Gasteiger partial charge in [-0.15, -0.1) is 0 Å². The average molecular weight is 502 g/mol. The molecule has 3 heterocycles. The predicted molar refractivity (Wildman–Crippen MR) is 134 cm³/mol. The third kappa shape index (κ3) is 4.74. The van der Waals surface area contributed by atoms with Crippen LogP contribution in [0.1, 0.15) is 54.9 Å². The van der Waals surface area contributed by atoms with E-state index in [9.17, 15) is 18.0 Å². The number of fused-ring (bicyclic) bond motifs is 1. The van der Waals surface area contributed by atoms with Crippen LogP contribution in [-0.4, -0.2) is 44.6 Å². The normalized spacial score (nSPS) is 16.6. The summed E-state index contributed by atoms with van der Waals surface area (Å²) in [6.07, 6.45) is -1.22. The van der Waals surface area contributed by atoms with Gasteiger partial charge in [-0.2, -0.15) is 13.2 Å². The lowest BCUT2D eigenvalue weighted by Crippen LogP contribution is -2.43. The Kier molecular flexibility index (Phi) is 6.68. The van der Waals surface area contributed by atoms with Crippen LogP contribution in [0.4, 0.5) is 25.1 Å². The number of carbonyl (C=O) groups is 1. The van der Waals surface area contributed by atoms with E-state index in [2.05, 4.69) is 40.6 Å². The Morgan fingerprint density at radius 2 is 1.94 bits per heavy atom. The number of benzene rings is 1. The van der Waals surface area contributed by atoms with Crippen LogP contribution in [0.15, 0.2) is 25.0 Å². The molecule has 1 aliphatic heterocycles. The Labute approximate surface area is 207 Å². The molecule has 4 rings (SSSR count). The number of nitrogens with zero attached hydrogens (tertiary/aromatic N) is 5. The second-order valence-electron chi connectivity index (χ2n) is 9.52. The number of aryl methyl sites for hydroxylation is 2. The van der Waals surface area contributed by atoms with Gasteiger partial charge in [-0.05, 0) is 48.4 Å². The first kappa shape index (κ1) is 25.5. The number of hydrogen-bond acceptors (Lipinski definition) is 6. The molecule has 1 atom stereocenters. The Morgan fingerprint density at radius 3 is 2.53 bits per heavy atom. The Hall–Kier alpha value is -3.63. The Balaban J connectivity index is 1.64. The fourth-order valence-electron chi connectivity index (χ4n) is 4.76. The van der Waals surface area contributed by atoms with Gasteiger partial charge in [0.05, 0.1) is 16.6 Å². The lowest BCUT2D eigenvalue weighted by atomic mass is 9.88. The summed E-state index contributed by atoms with van der Waals surface area (Å²) in [6, 6.07) is 1.98. The smallest absolute Gasteiger partial charge is 0.366 e. The van der Waals surface area contributed by atoms with Crippen molar-refractivity contribution in [2.24, 2.45) is 12.8 Å². The maximum atomic E-state index is 12.8. The van der Waals surface area contributed by atoms with E-state index >= 15 is 0 Å². The number of imidazole rings is 1. The molecule has 11 heteroatoms. The van der Waals surface area contributed by atoms with E-state index in [1.165, 1.54) is 0 Å². The van der Waals surface area contributed by atoms with Crippen LogP contribution < -0.4 is 16.0 Å². The van der Waals surface area contributed by atoms with Gasteiger partial charge in [-0.1, -0.05) is 20.4 Å². The van der Waals surface area contributed by atoms with Gasteiger partial charge in [0.25, 0.3) is 0 Å². The number of carbonyl (C=O) groups excluding carboxylic acids is 1. The molecular formula is C25H30F3N7O. The van der Waals surface area contributed by atoms with Crippen molar-refractivity contribution >= 4 is 34.4 Å². The standard InChI is InChI=1S/C25H30F3N7O/c1-13(2)18-9-19-21(14(3)20(18)15(4)22(29)36)33-24(34(19)5)35-8-6-7-17(12-35)32-23-30-10-16(11-31-23)25(26,27)28/h9-11,13,17H,4,6-8,12H2,1-3,5H3,(H2,29,36)(H,30,31,32). The molecule has 0 radical (unpaired) electrons. The maximum absolute atomic E-state index is 12.8. The van der Waals surface area contributed by atoms with Crippen LogP contribution in [0.3, 0.4) is 0 Å². The summed E-state index contributed by atoms with van der Waals surface area (Å²) < 4.78 is 40.4. The highest BCUT2D eigenvalue weighted by atomic mass is 19.4. The summed E-state index contributed by atoms with van der Waals surface area (Å²) >= 11 is 0. The molecule has 192 valence electrons. The highest BCUT2D eigenvalue weighted by molar-refractivity contribution is 6.19. The van der Waals surface area contributed by atoms with Crippen LogP contribution in [0.5, 0.6) is 0 Å². The van der Waals surface area contributed by atoms with Crippen LogP contribution >= 0.6 is 0 Å². The van der Waals surface area contributed by atoms with Gasteiger partial charge in [0.15, 0.2) is 0 Å². The predicted octanol–water partition coefficient (Wildman–Crippen LogP) is 4.39. The molecule has 1 unspecified atom stereocenters. The summed E-state index contributed by atoms with van der Waals surface area (Å²) in [7, 11) is 1.95. The molecule has 3 N–H and O–H groups in total. The third-order valence-corrected chi connectivity index (χ3v) is 6.66. The first-order chi connectivity index (χ1) is 16.9. The second-order valence-corrected chi connectivity index (χ2v) is 9.52. The first-order valence-electron chi connectivity index (χ1n) is 11.8. The molecule has 0 spiro atoms. The maximum Gasteiger partial charge on any atom is 0.419 e. The monoisotopic (exact) mass is 501 g/mol. The molecule has 1 amide bonds. The quantitative estimate of drug-likeness (QED) is 0.486. The Morgan fingerprint density at radius 1 is 1.28 bits per heavy atom. The van der Waals surface area contributed by atoms with E-state index in [0.717, 1.165) is 65.5 Å². The van der Waals surface area contributed by atoms with Crippen LogP contribution in [0.25, 0.3) is 16.6 Å². The number of aromatic nitrogens is 4. The van der Waals surface area contributed by atoms with Gasteiger partial charge in [-0.25, -0.2) is 15.0 Å². The van der Waals surface area contributed by atoms with Gasteiger partial charge in [-0.3, -0.25) is 4.79 Å². The number of hydrogen-bond donors (Lipinski definition) is 2. The van der Waals surface area contributed by atoms with E-state index in [4.69, 9.17) is 10.7 Å². The van der Waals surface area contributed by atoms with E-state index in [1.54, 1.807) is 0 Å². The minimum absolute atomic E-state index is 0.0622. The molecule has 0 aliphatic carbocycles. The van der Waals surface area contributed by atoms with E-state index in [-0.39, 0.29) is 23.5 Å². The SMILES string of the molecule is C=C(C(N)=O)c1c(C(C)C)cc2c(nc(N3CCCC(Nc4ncc(C(F)(F)F)cn4)C3)n2C)c1C. The zero-order valence-electron chi connectivity index (χ0n) is 20.8. The lowest BCUT2D eigenvalue weighted by Gasteiger charge is -2.33. The molecule has 3 aromatic rings. The van der Waals surface area contributed by atoms with E-state index in [0.29, 0.717) is 6.54 Å². The third-order valence-electron chi connectivity index (χ3n) is 6.66. The first-order valence-corrected chi connectivity index (χ1v) is 11.8.